The van der Waals surface area contributed by atoms with Gasteiger partial charge in [0, 0.05) is 49.6 Å². The largest absolute Gasteiger partial charge is 0.382 e. The highest BCUT2D eigenvalue weighted by atomic mass is 79.9. The molecular formula is C17H31BrN2O. The number of benzene rings is 1. The van der Waals surface area contributed by atoms with Crippen molar-refractivity contribution < 1.29 is 4.74 Å². The molecule has 1 aliphatic rings. The predicted octanol–water partition coefficient (Wildman–Crippen LogP) is 4.27. The zero-order valence-corrected chi connectivity index (χ0v) is 15.8. The second-order valence-electron chi connectivity index (χ2n) is 4.55. The minimum Gasteiger partial charge on any atom is -0.382 e. The van der Waals surface area contributed by atoms with Gasteiger partial charge in [-0.1, -0.05) is 35.8 Å². The Morgan fingerprint density at radius 1 is 1.05 bits per heavy atom. The van der Waals surface area contributed by atoms with Crippen LogP contribution in [0, 0.1) is 0 Å². The first-order valence-electron chi connectivity index (χ1n) is 7.94. The minimum atomic E-state index is 0.844. The molecule has 1 saturated heterocycles. The Bertz CT molecular complexity index is 350. The zero-order valence-electron chi connectivity index (χ0n) is 14.2. The summed E-state index contributed by atoms with van der Waals surface area (Å²) in [4.78, 5) is 4.80. The Morgan fingerprint density at radius 2 is 1.62 bits per heavy atom. The summed E-state index contributed by atoms with van der Waals surface area (Å²) in [6, 6.07) is 8.53. The molecule has 0 atom stereocenters. The van der Waals surface area contributed by atoms with Gasteiger partial charge in [0.15, 0.2) is 0 Å². The van der Waals surface area contributed by atoms with Crippen LogP contribution < -0.4 is 4.90 Å². The van der Waals surface area contributed by atoms with Gasteiger partial charge < -0.3 is 14.5 Å². The van der Waals surface area contributed by atoms with Gasteiger partial charge in [0.25, 0.3) is 0 Å². The number of anilines is 1. The molecule has 4 heteroatoms. The van der Waals surface area contributed by atoms with Crippen molar-refractivity contribution in [3.05, 3.63) is 28.7 Å². The van der Waals surface area contributed by atoms with Gasteiger partial charge in [0.1, 0.15) is 0 Å². The summed E-state index contributed by atoms with van der Waals surface area (Å²) in [5.41, 5.74) is 1.33. The molecule has 0 amide bonds. The van der Waals surface area contributed by atoms with Gasteiger partial charge >= 0.3 is 0 Å². The summed E-state index contributed by atoms with van der Waals surface area (Å²) in [5, 5.41) is 0. The Hall–Kier alpha value is -0.580. The van der Waals surface area contributed by atoms with Gasteiger partial charge in [-0.2, -0.15) is 0 Å². The van der Waals surface area contributed by atoms with E-state index in [9.17, 15) is 0 Å². The average Bonchev–Trinajstić information content (AvgIpc) is 2.51. The second-order valence-corrected chi connectivity index (χ2v) is 5.47. The quantitative estimate of drug-likeness (QED) is 0.802. The fourth-order valence-corrected chi connectivity index (χ4v) is 2.33. The highest BCUT2D eigenvalue weighted by Crippen LogP contribution is 2.20. The molecule has 0 unspecified atom stereocenters. The van der Waals surface area contributed by atoms with Crippen molar-refractivity contribution in [2.45, 2.75) is 27.7 Å². The van der Waals surface area contributed by atoms with Crippen LogP contribution in [0.25, 0.3) is 0 Å². The highest BCUT2D eigenvalue weighted by Gasteiger charge is 2.13. The van der Waals surface area contributed by atoms with E-state index in [0.29, 0.717) is 0 Å². The third-order valence-electron chi connectivity index (χ3n) is 3.08. The van der Waals surface area contributed by atoms with E-state index in [1.165, 1.54) is 5.69 Å². The fourth-order valence-electron chi connectivity index (χ4n) is 1.94. The number of hydrogen-bond donors (Lipinski definition) is 0. The summed E-state index contributed by atoms with van der Waals surface area (Å²) in [7, 11) is 2.18. The van der Waals surface area contributed by atoms with E-state index in [1.807, 2.05) is 27.7 Å². The SMILES string of the molecule is CC.CCOCC.CN1CCN(c2cccc(Br)c2)CC1. The Balaban J connectivity index is 0.000000489. The van der Waals surface area contributed by atoms with Crippen LogP contribution in [0.1, 0.15) is 27.7 Å². The molecule has 122 valence electrons. The Kier molecular flexibility index (Phi) is 12.7. The van der Waals surface area contributed by atoms with Crippen LogP contribution in [0.2, 0.25) is 0 Å². The molecule has 2 rings (SSSR count). The first-order valence-corrected chi connectivity index (χ1v) is 8.73. The molecule has 0 radical (unpaired) electrons. The summed E-state index contributed by atoms with van der Waals surface area (Å²) >= 11 is 3.50. The van der Waals surface area contributed by atoms with E-state index in [0.717, 1.165) is 43.9 Å². The maximum absolute atomic E-state index is 4.83. The van der Waals surface area contributed by atoms with Crippen LogP contribution in [0.4, 0.5) is 5.69 Å². The first-order chi connectivity index (χ1) is 10.2. The maximum Gasteiger partial charge on any atom is 0.0437 e. The van der Waals surface area contributed by atoms with Crippen LogP contribution in [0.3, 0.4) is 0 Å². The number of piperazine rings is 1. The topological polar surface area (TPSA) is 15.7 Å². The van der Waals surface area contributed by atoms with Gasteiger partial charge in [0.05, 0.1) is 0 Å². The summed E-state index contributed by atoms with van der Waals surface area (Å²) in [6.45, 7) is 14.2. The lowest BCUT2D eigenvalue weighted by Crippen LogP contribution is -2.44. The predicted molar refractivity (Wildman–Crippen MR) is 97.4 cm³/mol. The van der Waals surface area contributed by atoms with E-state index in [2.05, 4.69) is 57.0 Å². The van der Waals surface area contributed by atoms with Crippen molar-refractivity contribution in [3.8, 4) is 0 Å². The lowest BCUT2D eigenvalue weighted by atomic mass is 10.2. The van der Waals surface area contributed by atoms with Crippen LogP contribution in [-0.2, 0) is 4.74 Å². The monoisotopic (exact) mass is 358 g/mol. The summed E-state index contributed by atoms with van der Waals surface area (Å²) in [5.74, 6) is 0. The van der Waals surface area contributed by atoms with Crippen LogP contribution in [0.15, 0.2) is 28.7 Å². The number of ether oxygens (including phenoxy) is 1. The van der Waals surface area contributed by atoms with Gasteiger partial charge in [-0.25, -0.2) is 0 Å². The molecule has 0 aliphatic carbocycles. The van der Waals surface area contributed by atoms with Crippen molar-refractivity contribution in [1.82, 2.24) is 4.90 Å². The maximum atomic E-state index is 4.83. The van der Waals surface area contributed by atoms with Gasteiger partial charge in [-0.15, -0.1) is 0 Å². The molecule has 1 aromatic carbocycles. The van der Waals surface area contributed by atoms with Crippen molar-refractivity contribution in [2.24, 2.45) is 0 Å². The molecule has 0 saturated carbocycles. The van der Waals surface area contributed by atoms with Crippen molar-refractivity contribution >= 4 is 21.6 Å². The Morgan fingerprint density at radius 3 is 2.05 bits per heavy atom. The summed E-state index contributed by atoms with van der Waals surface area (Å²) < 4.78 is 5.99. The molecular weight excluding hydrogens is 328 g/mol. The van der Waals surface area contributed by atoms with Crippen molar-refractivity contribution in [1.29, 1.82) is 0 Å². The lowest BCUT2D eigenvalue weighted by Gasteiger charge is -2.34. The van der Waals surface area contributed by atoms with E-state index in [4.69, 9.17) is 4.74 Å². The van der Waals surface area contributed by atoms with Crippen molar-refractivity contribution in [3.63, 3.8) is 0 Å². The van der Waals surface area contributed by atoms with Crippen molar-refractivity contribution in [2.75, 3.05) is 51.3 Å². The number of likely N-dealkylation sites (N-methyl/N-ethyl adjacent to an activating group) is 1. The summed E-state index contributed by atoms with van der Waals surface area (Å²) in [6.07, 6.45) is 0. The third-order valence-corrected chi connectivity index (χ3v) is 3.58. The van der Waals surface area contributed by atoms with Gasteiger partial charge in [0.2, 0.25) is 0 Å². The second kappa shape index (κ2) is 13.1. The fraction of sp³-hybridized carbons (Fsp3) is 0.647. The van der Waals surface area contributed by atoms with Crippen LogP contribution in [0.5, 0.6) is 0 Å². The third kappa shape index (κ3) is 9.12. The van der Waals surface area contributed by atoms with E-state index in [-0.39, 0.29) is 0 Å². The highest BCUT2D eigenvalue weighted by molar-refractivity contribution is 9.10. The molecule has 0 aromatic heterocycles. The first kappa shape index (κ1) is 20.4. The van der Waals surface area contributed by atoms with E-state index < -0.39 is 0 Å². The molecule has 1 fully saturated rings. The van der Waals surface area contributed by atoms with E-state index >= 15 is 0 Å². The van der Waals surface area contributed by atoms with Gasteiger partial charge in [-0.05, 0) is 39.1 Å². The Labute approximate surface area is 139 Å². The number of nitrogens with zero attached hydrogens (tertiary/aromatic N) is 2. The normalized spacial score (nSPS) is 14.7. The molecule has 0 spiro atoms. The minimum absolute atomic E-state index is 0.844. The molecule has 0 N–H and O–H groups in total. The standard InChI is InChI=1S/C11H15BrN2.C4H10O.C2H6/c1-13-5-7-14(8-6-13)11-4-2-3-10(12)9-11;1-3-5-4-2;1-2/h2-4,9H,5-8H2,1H3;3-4H2,1-2H3;1-2H3. The molecule has 0 bridgehead atoms. The van der Waals surface area contributed by atoms with Gasteiger partial charge in [-0.3, -0.25) is 0 Å². The number of halogens is 1. The van der Waals surface area contributed by atoms with E-state index in [1.54, 1.807) is 0 Å². The number of hydrogen-bond acceptors (Lipinski definition) is 3. The zero-order chi connectivity index (χ0) is 16.1. The lowest BCUT2D eigenvalue weighted by molar-refractivity contribution is 0.162. The molecule has 21 heavy (non-hydrogen) atoms. The average molecular weight is 359 g/mol. The smallest absolute Gasteiger partial charge is 0.0437 e. The van der Waals surface area contributed by atoms with Crippen LogP contribution >= 0.6 is 15.9 Å². The van der Waals surface area contributed by atoms with Crippen LogP contribution in [-0.4, -0.2) is 51.3 Å². The molecule has 1 aromatic rings. The molecule has 3 nitrogen and oxygen atoms in total. The number of rotatable bonds is 3. The molecule has 1 aliphatic heterocycles. The molecule has 1 heterocycles.